The molecule has 88 valence electrons. The minimum atomic E-state index is 0.630. The van der Waals surface area contributed by atoms with E-state index < -0.39 is 0 Å². The first kappa shape index (κ1) is 12.9. The van der Waals surface area contributed by atoms with Gasteiger partial charge in [-0.3, -0.25) is 4.90 Å². The van der Waals surface area contributed by atoms with Crippen LogP contribution in [0.4, 0.5) is 0 Å². The zero-order chi connectivity index (χ0) is 11.6. The first-order valence-electron chi connectivity index (χ1n) is 5.98. The molecule has 0 aromatic heterocycles. The largest absolute Gasteiger partial charge is 0.327 e. The van der Waals surface area contributed by atoms with Gasteiger partial charge < -0.3 is 5.73 Å². The number of nitrogens with zero attached hydrogens (tertiary/aromatic N) is 1. The zero-order valence-electron chi connectivity index (χ0n) is 10.1. The van der Waals surface area contributed by atoms with E-state index in [4.69, 9.17) is 5.73 Å². The molecule has 0 spiro atoms. The Balaban J connectivity index is 2.47. The third kappa shape index (κ3) is 5.10. The Bertz CT molecular complexity index is 293. The minimum Gasteiger partial charge on any atom is -0.327 e. The van der Waals surface area contributed by atoms with Gasteiger partial charge in [-0.25, -0.2) is 0 Å². The van der Waals surface area contributed by atoms with Crippen LogP contribution in [0.15, 0.2) is 42.5 Å². The fraction of sp³-hybridized carbons (Fsp3) is 0.429. The molecule has 0 aliphatic rings. The maximum absolute atomic E-state index is 5.44. The van der Waals surface area contributed by atoms with E-state index in [2.05, 4.69) is 48.2 Å². The lowest BCUT2D eigenvalue weighted by Crippen LogP contribution is -2.24. The van der Waals surface area contributed by atoms with E-state index >= 15 is 0 Å². The molecular weight excluding hydrogens is 196 g/mol. The van der Waals surface area contributed by atoms with Gasteiger partial charge in [0.25, 0.3) is 0 Å². The topological polar surface area (TPSA) is 29.3 Å². The van der Waals surface area contributed by atoms with Crippen LogP contribution in [0.3, 0.4) is 0 Å². The lowest BCUT2D eigenvalue weighted by Gasteiger charge is -2.19. The molecule has 1 rings (SSSR count). The van der Waals surface area contributed by atoms with Crippen molar-refractivity contribution in [3.8, 4) is 0 Å². The van der Waals surface area contributed by atoms with E-state index in [1.165, 1.54) is 12.0 Å². The van der Waals surface area contributed by atoms with Gasteiger partial charge in [0, 0.05) is 19.6 Å². The van der Waals surface area contributed by atoms with Crippen LogP contribution >= 0.6 is 0 Å². The molecule has 1 aromatic rings. The molecule has 0 heterocycles. The van der Waals surface area contributed by atoms with Crippen LogP contribution in [0.2, 0.25) is 0 Å². The van der Waals surface area contributed by atoms with Crippen molar-refractivity contribution in [3.05, 3.63) is 48.0 Å². The van der Waals surface area contributed by atoms with Crippen LogP contribution in [0.5, 0.6) is 0 Å². The molecule has 0 amide bonds. The molecule has 0 aliphatic heterocycles. The highest BCUT2D eigenvalue weighted by Crippen LogP contribution is 2.04. The predicted octanol–water partition coefficient (Wildman–Crippen LogP) is 2.41. The summed E-state index contributed by atoms with van der Waals surface area (Å²) in [5, 5.41) is 0. The van der Waals surface area contributed by atoms with Crippen molar-refractivity contribution in [2.75, 3.05) is 19.6 Å². The molecule has 0 saturated carbocycles. The smallest absolute Gasteiger partial charge is 0.0237 e. The van der Waals surface area contributed by atoms with Crippen molar-refractivity contribution in [1.82, 2.24) is 4.90 Å². The summed E-state index contributed by atoms with van der Waals surface area (Å²) in [6.45, 7) is 5.98. The van der Waals surface area contributed by atoms with E-state index in [0.29, 0.717) is 6.54 Å². The molecule has 2 N–H and O–H groups in total. The number of rotatable bonds is 7. The van der Waals surface area contributed by atoms with E-state index in [1.54, 1.807) is 0 Å². The maximum Gasteiger partial charge on any atom is 0.0237 e. The van der Waals surface area contributed by atoms with Gasteiger partial charge in [0.1, 0.15) is 0 Å². The molecule has 1 aromatic carbocycles. The van der Waals surface area contributed by atoms with Crippen molar-refractivity contribution in [2.24, 2.45) is 5.73 Å². The lowest BCUT2D eigenvalue weighted by molar-refractivity contribution is 0.295. The Hall–Kier alpha value is -1.12. The van der Waals surface area contributed by atoms with Crippen molar-refractivity contribution < 1.29 is 0 Å². The van der Waals surface area contributed by atoms with Crippen molar-refractivity contribution >= 4 is 0 Å². The summed E-state index contributed by atoms with van der Waals surface area (Å²) in [4.78, 5) is 2.43. The van der Waals surface area contributed by atoms with Crippen LogP contribution in [0.25, 0.3) is 0 Å². The van der Waals surface area contributed by atoms with E-state index in [9.17, 15) is 0 Å². The summed E-state index contributed by atoms with van der Waals surface area (Å²) >= 11 is 0. The highest BCUT2D eigenvalue weighted by atomic mass is 15.1. The monoisotopic (exact) mass is 218 g/mol. The highest BCUT2D eigenvalue weighted by molar-refractivity contribution is 5.14. The molecule has 0 aliphatic carbocycles. The number of benzene rings is 1. The second kappa shape index (κ2) is 8.08. The van der Waals surface area contributed by atoms with Gasteiger partial charge in [0.2, 0.25) is 0 Å². The van der Waals surface area contributed by atoms with Crippen LogP contribution in [0.1, 0.15) is 18.9 Å². The van der Waals surface area contributed by atoms with Crippen LogP contribution in [0, 0.1) is 0 Å². The second-order valence-electron chi connectivity index (χ2n) is 3.93. The van der Waals surface area contributed by atoms with Crippen molar-refractivity contribution in [2.45, 2.75) is 19.9 Å². The molecule has 0 radical (unpaired) electrons. The zero-order valence-corrected chi connectivity index (χ0v) is 10.1. The number of hydrogen-bond acceptors (Lipinski definition) is 2. The van der Waals surface area contributed by atoms with Gasteiger partial charge in [0.15, 0.2) is 0 Å². The fourth-order valence-corrected chi connectivity index (χ4v) is 1.71. The summed E-state index contributed by atoms with van der Waals surface area (Å²) < 4.78 is 0. The lowest BCUT2D eigenvalue weighted by atomic mass is 10.2. The van der Waals surface area contributed by atoms with Crippen molar-refractivity contribution in [3.63, 3.8) is 0 Å². The molecule has 0 unspecified atom stereocenters. The molecule has 0 fully saturated rings. The van der Waals surface area contributed by atoms with Gasteiger partial charge >= 0.3 is 0 Å². The first-order valence-corrected chi connectivity index (χ1v) is 5.98. The van der Waals surface area contributed by atoms with Crippen molar-refractivity contribution in [1.29, 1.82) is 0 Å². The number of hydrogen-bond donors (Lipinski definition) is 1. The van der Waals surface area contributed by atoms with E-state index in [-0.39, 0.29) is 0 Å². The molecular formula is C14H22N2. The molecule has 16 heavy (non-hydrogen) atoms. The van der Waals surface area contributed by atoms with E-state index in [0.717, 1.165) is 19.6 Å². The second-order valence-corrected chi connectivity index (χ2v) is 3.93. The van der Waals surface area contributed by atoms with Gasteiger partial charge in [0.05, 0.1) is 0 Å². The fourth-order valence-electron chi connectivity index (χ4n) is 1.71. The van der Waals surface area contributed by atoms with Gasteiger partial charge in [-0.15, -0.1) is 0 Å². The summed E-state index contributed by atoms with van der Waals surface area (Å²) in [7, 11) is 0. The first-order chi connectivity index (χ1) is 7.86. The maximum atomic E-state index is 5.44. The average molecular weight is 218 g/mol. The molecule has 0 atom stereocenters. The number of nitrogens with two attached hydrogens (primary N) is 1. The third-order valence-corrected chi connectivity index (χ3v) is 2.46. The highest BCUT2D eigenvalue weighted by Gasteiger charge is 2.02. The Labute approximate surface area is 98.8 Å². The van der Waals surface area contributed by atoms with E-state index in [1.807, 2.05) is 6.08 Å². The third-order valence-electron chi connectivity index (χ3n) is 2.46. The Morgan fingerprint density at radius 1 is 1.19 bits per heavy atom. The Morgan fingerprint density at radius 3 is 2.56 bits per heavy atom. The summed E-state index contributed by atoms with van der Waals surface area (Å²) in [6, 6.07) is 10.6. The van der Waals surface area contributed by atoms with Crippen LogP contribution < -0.4 is 5.73 Å². The summed E-state index contributed by atoms with van der Waals surface area (Å²) in [6.07, 6.45) is 5.36. The van der Waals surface area contributed by atoms with Crippen LogP contribution in [-0.2, 0) is 6.54 Å². The normalized spacial score (nSPS) is 11.4. The predicted molar refractivity (Wildman–Crippen MR) is 70.2 cm³/mol. The summed E-state index contributed by atoms with van der Waals surface area (Å²) in [5.74, 6) is 0. The SMILES string of the molecule is CCCN(C/C=C/CN)Cc1ccccc1. The molecule has 0 bridgehead atoms. The summed E-state index contributed by atoms with van der Waals surface area (Å²) in [5.41, 5.74) is 6.81. The quantitative estimate of drug-likeness (QED) is 0.712. The average Bonchev–Trinajstić information content (AvgIpc) is 2.31. The van der Waals surface area contributed by atoms with Gasteiger partial charge in [-0.2, -0.15) is 0 Å². The van der Waals surface area contributed by atoms with Crippen LogP contribution in [-0.4, -0.2) is 24.5 Å². The molecule has 2 heteroatoms. The molecule has 2 nitrogen and oxygen atoms in total. The van der Waals surface area contributed by atoms with Gasteiger partial charge in [-0.1, -0.05) is 49.4 Å². The Kier molecular flexibility index (Phi) is 6.54. The van der Waals surface area contributed by atoms with Gasteiger partial charge in [-0.05, 0) is 18.5 Å². The molecule has 0 saturated heterocycles. The standard InChI is InChI=1S/C14H22N2/c1-2-11-16(12-7-6-10-15)13-14-8-4-3-5-9-14/h3-9H,2,10-13,15H2,1H3/b7-6+. The minimum absolute atomic E-state index is 0.630. The Morgan fingerprint density at radius 2 is 1.94 bits per heavy atom.